The largest absolute Gasteiger partial charge is 0.325 e. The minimum atomic E-state index is 0.546. The van der Waals surface area contributed by atoms with Gasteiger partial charge < -0.3 is 5.73 Å². The summed E-state index contributed by atoms with van der Waals surface area (Å²) in [7, 11) is 0. The van der Waals surface area contributed by atoms with Crippen LogP contribution in [0.15, 0.2) is 12.3 Å². The molecule has 1 heterocycles. The third-order valence-electron chi connectivity index (χ3n) is 3.15. The van der Waals surface area contributed by atoms with Gasteiger partial charge in [-0.1, -0.05) is 51.9 Å². The molecule has 17 heavy (non-hydrogen) atoms. The van der Waals surface area contributed by atoms with Crippen LogP contribution in [0.2, 0.25) is 0 Å². The summed E-state index contributed by atoms with van der Waals surface area (Å²) < 4.78 is 2.01. The van der Waals surface area contributed by atoms with Gasteiger partial charge >= 0.3 is 0 Å². The Balaban J connectivity index is 1.93. The van der Waals surface area contributed by atoms with E-state index in [0.717, 1.165) is 12.2 Å². The van der Waals surface area contributed by atoms with Crippen molar-refractivity contribution < 1.29 is 0 Å². The zero-order valence-corrected chi connectivity index (χ0v) is 11.2. The molecule has 0 bridgehead atoms. The molecule has 0 radical (unpaired) electrons. The molecule has 98 valence electrons. The van der Waals surface area contributed by atoms with Gasteiger partial charge in [0.1, 0.15) is 0 Å². The molecule has 2 N–H and O–H groups in total. The molecule has 0 spiro atoms. The van der Waals surface area contributed by atoms with Gasteiger partial charge in [0.05, 0.1) is 5.69 Å². The third kappa shape index (κ3) is 6.47. The van der Waals surface area contributed by atoms with Gasteiger partial charge in [0, 0.05) is 19.3 Å². The number of nitrogens with zero attached hydrogens (tertiary/aromatic N) is 2. The number of nitrogens with two attached hydrogens (primary N) is 1. The van der Waals surface area contributed by atoms with Crippen molar-refractivity contribution in [1.82, 2.24) is 9.78 Å². The minimum absolute atomic E-state index is 0.546. The van der Waals surface area contributed by atoms with Crippen molar-refractivity contribution in [2.45, 2.75) is 71.4 Å². The predicted molar refractivity (Wildman–Crippen MR) is 72.7 cm³/mol. The molecule has 0 aliphatic heterocycles. The van der Waals surface area contributed by atoms with Crippen LogP contribution in [-0.4, -0.2) is 9.78 Å². The molecule has 0 fully saturated rings. The summed E-state index contributed by atoms with van der Waals surface area (Å²) in [4.78, 5) is 0. The zero-order chi connectivity index (χ0) is 12.3. The maximum absolute atomic E-state index is 5.52. The summed E-state index contributed by atoms with van der Waals surface area (Å²) >= 11 is 0. The van der Waals surface area contributed by atoms with Crippen molar-refractivity contribution in [2.24, 2.45) is 5.73 Å². The standard InChI is InChI=1S/C14H27N3/c1-2-3-4-5-6-7-8-9-11-17-12-10-14(13-15)16-17/h10,12H,2-9,11,13,15H2,1H3. The quantitative estimate of drug-likeness (QED) is 0.633. The average molecular weight is 237 g/mol. The molecule has 0 amide bonds. The predicted octanol–water partition coefficient (Wildman–Crippen LogP) is 3.48. The van der Waals surface area contributed by atoms with Crippen molar-refractivity contribution in [3.63, 3.8) is 0 Å². The smallest absolute Gasteiger partial charge is 0.0760 e. The van der Waals surface area contributed by atoms with Crippen LogP contribution in [0.5, 0.6) is 0 Å². The molecule has 0 aromatic carbocycles. The van der Waals surface area contributed by atoms with Crippen LogP contribution in [0.3, 0.4) is 0 Å². The van der Waals surface area contributed by atoms with Crippen molar-refractivity contribution in [2.75, 3.05) is 0 Å². The summed E-state index contributed by atoms with van der Waals surface area (Å²) in [5, 5.41) is 4.38. The molecule has 1 aromatic heterocycles. The van der Waals surface area contributed by atoms with E-state index in [2.05, 4.69) is 12.0 Å². The highest BCUT2D eigenvalue weighted by Crippen LogP contribution is 2.09. The van der Waals surface area contributed by atoms with E-state index >= 15 is 0 Å². The topological polar surface area (TPSA) is 43.8 Å². The fraction of sp³-hybridized carbons (Fsp3) is 0.786. The van der Waals surface area contributed by atoms with Crippen LogP contribution < -0.4 is 5.73 Å². The first-order chi connectivity index (χ1) is 8.36. The third-order valence-corrected chi connectivity index (χ3v) is 3.15. The Hall–Kier alpha value is -0.830. The van der Waals surface area contributed by atoms with Crippen molar-refractivity contribution >= 4 is 0 Å². The van der Waals surface area contributed by atoms with E-state index in [9.17, 15) is 0 Å². The number of unbranched alkanes of at least 4 members (excludes halogenated alkanes) is 7. The molecule has 0 aliphatic rings. The molecule has 1 rings (SSSR count). The number of rotatable bonds is 10. The molecule has 0 atom stereocenters. The summed E-state index contributed by atoms with van der Waals surface area (Å²) in [6.45, 7) is 3.85. The second kappa shape index (κ2) is 9.23. The van der Waals surface area contributed by atoms with Gasteiger partial charge in [-0.05, 0) is 12.5 Å². The number of aryl methyl sites for hydroxylation is 1. The fourth-order valence-electron chi connectivity index (χ4n) is 2.04. The van der Waals surface area contributed by atoms with E-state index in [1.807, 2.05) is 16.9 Å². The normalized spacial score (nSPS) is 10.9. The van der Waals surface area contributed by atoms with E-state index in [-0.39, 0.29) is 0 Å². The lowest BCUT2D eigenvalue weighted by Gasteiger charge is -2.02. The highest BCUT2D eigenvalue weighted by atomic mass is 15.3. The van der Waals surface area contributed by atoms with E-state index in [0.29, 0.717) is 6.54 Å². The van der Waals surface area contributed by atoms with E-state index < -0.39 is 0 Å². The van der Waals surface area contributed by atoms with Crippen LogP contribution in [0, 0.1) is 0 Å². The molecule has 0 aliphatic carbocycles. The van der Waals surface area contributed by atoms with Crippen molar-refractivity contribution in [1.29, 1.82) is 0 Å². The molecule has 3 nitrogen and oxygen atoms in total. The summed E-state index contributed by atoms with van der Waals surface area (Å²) in [5.41, 5.74) is 6.51. The first-order valence-corrected chi connectivity index (χ1v) is 7.09. The van der Waals surface area contributed by atoms with Gasteiger partial charge in [-0.15, -0.1) is 0 Å². The Morgan fingerprint density at radius 2 is 1.71 bits per heavy atom. The van der Waals surface area contributed by atoms with Crippen molar-refractivity contribution in [3.05, 3.63) is 18.0 Å². The Kier molecular flexibility index (Phi) is 7.72. The van der Waals surface area contributed by atoms with Crippen LogP contribution in [-0.2, 0) is 13.1 Å². The van der Waals surface area contributed by atoms with Crippen LogP contribution >= 0.6 is 0 Å². The molecule has 3 heteroatoms. The first kappa shape index (κ1) is 14.2. The van der Waals surface area contributed by atoms with E-state index in [1.165, 1.54) is 51.4 Å². The first-order valence-electron chi connectivity index (χ1n) is 7.09. The zero-order valence-electron chi connectivity index (χ0n) is 11.2. The Bertz CT molecular complexity index is 281. The number of hydrogen-bond acceptors (Lipinski definition) is 2. The van der Waals surface area contributed by atoms with Gasteiger partial charge in [0.25, 0.3) is 0 Å². The molecular formula is C14H27N3. The van der Waals surface area contributed by atoms with E-state index in [1.54, 1.807) is 0 Å². The minimum Gasteiger partial charge on any atom is -0.325 e. The SMILES string of the molecule is CCCCCCCCCCn1ccc(CN)n1. The number of hydrogen-bond donors (Lipinski definition) is 1. The van der Waals surface area contributed by atoms with Crippen molar-refractivity contribution in [3.8, 4) is 0 Å². The van der Waals surface area contributed by atoms with Crippen LogP contribution in [0.4, 0.5) is 0 Å². The second-order valence-corrected chi connectivity index (χ2v) is 4.75. The maximum atomic E-state index is 5.52. The van der Waals surface area contributed by atoms with Gasteiger partial charge in [0.15, 0.2) is 0 Å². The summed E-state index contributed by atoms with van der Waals surface area (Å²) in [6.07, 6.45) is 12.9. The van der Waals surface area contributed by atoms with Gasteiger partial charge in [-0.2, -0.15) is 5.10 Å². The lowest BCUT2D eigenvalue weighted by Crippen LogP contribution is -2.02. The maximum Gasteiger partial charge on any atom is 0.0760 e. The van der Waals surface area contributed by atoms with Gasteiger partial charge in [-0.25, -0.2) is 0 Å². The summed E-state index contributed by atoms with van der Waals surface area (Å²) in [6, 6.07) is 2.00. The van der Waals surface area contributed by atoms with Gasteiger partial charge in [0.2, 0.25) is 0 Å². The lowest BCUT2D eigenvalue weighted by molar-refractivity contribution is 0.517. The fourth-order valence-corrected chi connectivity index (χ4v) is 2.04. The molecule has 1 aromatic rings. The molecule has 0 saturated carbocycles. The monoisotopic (exact) mass is 237 g/mol. The molecular weight excluding hydrogens is 210 g/mol. The van der Waals surface area contributed by atoms with Crippen LogP contribution in [0.1, 0.15) is 64.0 Å². The Morgan fingerprint density at radius 1 is 1.06 bits per heavy atom. The molecule has 0 unspecified atom stereocenters. The highest BCUT2D eigenvalue weighted by Gasteiger charge is 1.96. The second-order valence-electron chi connectivity index (χ2n) is 4.75. The number of aromatic nitrogens is 2. The van der Waals surface area contributed by atoms with Gasteiger partial charge in [-0.3, -0.25) is 4.68 Å². The van der Waals surface area contributed by atoms with E-state index in [4.69, 9.17) is 5.73 Å². The summed E-state index contributed by atoms with van der Waals surface area (Å²) in [5.74, 6) is 0. The Morgan fingerprint density at radius 3 is 2.29 bits per heavy atom. The van der Waals surface area contributed by atoms with Crippen LogP contribution in [0.25, 0.3) is 0 Å². The molecule has 0 saturated heterocycles. The lowest BCUT2D eigenvalue weighted by atomic mass is 10.1. The highest BCUT2D eigenvalue weighted by molar-refractivity contribution is 4.97. The Labute approximate surface area is 105 Å². The average Bonchev–Trinajstić information content (AvgIpc) is 2.80.